The molecule has 3 aromatic rings. The summed E-state index contributed by atoms with van der Waals surface area (Å²) in [5.41, 5.74) is 1.37. The summed E-state index contributed by atoms with van der Waals surface area (Å²) >= 11 is 3.49. The van der Waals surface area contributed by atoms with Crippen LogP contribution in [0.2, 0.25) is 0 Å². The SMILES string of the molecule is CCS(=O)(=O)N(CC(=O)N(Cc1cccc(Br)c1)[C@@H](Cc1ccccc1)C(=O)NC(C)(C)C)c1ccc2c(c1)OCO2. The predicted molar refractivity (Wildman–Crippen MR) is 166 cm³/mol. The minimum absolute atomic E-state index is 0.0305. The van der Waals surface area contributed by atoms with Crippen molar-refractivity contribution in [1.82, 2.24) is 10.2 Å². The van der Waals surface area contributed by atoms with E-state index in [9.17, 15) is 18.0 Å². The van der Waals surface area contributed by atoms with E-state index in [0.29, 0.717) is 11.5 Å². The maximum Gasteiger partial charge on any atom is 0.244 e. The molecule has 0 saturated carbocycles. The molecule has 3 aromatic carbocycles. The lowest BCUT2D eigenvalue weighted by Crippen LogP contribution is -2.56. The van der Waals surface area contributed by atoms with E-state index in [1.165, 1.54) is 11.8 Å². The maximum absolute atomic E-state index is 14.3. The predicted octanol–water partition coefficient (Wildman–Crippen LogP) is 4.89. The molecule has 9 nitrogen and oxygen atoms in total. The zero-order valence-corrected chi connectivity index (χ0v) is 26.6. The average molecular weight is 659 g/mol. The quantitative estimate of drug-likeness (QED) is 0.315. The van der Waals surface area contributed by atoms with Crippen LogP contribution in [0.4, 0.5) is 5.69 Å². The molecule has 2 amide bonds. The topological polar surface area (TPSA) is 105 Å². The molecular weight excluding hydrogens is 622 g/mol. The van der Waals surface area contributed by atoms with E-state index in [1.54, 1.807) is 18.2 Å². The van der Waals surface area contributed by atoms with Gasteiger partial charge in [0.1, 0.15) is 12.6 Å². The molecule has 4 rings (SSSR count). The molecule has 42 heavy (non-hydrogen) atoms. The lowest BCUT2D eigenvalue weighted by Gasteiger charge is -2.35. The van der Waals surface area contributed by atoms with Crippen LogP contribution in [0.15, 0.2) is 77.3 Å². The summed E-state index contributed by atoms with van der Waals surface area (Å²) in [7, 11) is -3.89. The van der Waals surface area contributed by atoms with Crippen molar-refractivity contribution in [2.45, 2.75) is 52.2 Å². The summed E-state index contributed by atoms with van der Waals surface area (Å²) < 4.78 is 39.4. The van der Waals surface area contributed by atoms with Gasteiger partial charge in [0.15, 0.2) is 11.5 Å². The first-order valence-corrected chi connectivity index (χ1v) is 16.1. The van der Waals surface area contributed by atoms with Gasteiger partial charge in [0, 0.05) is 29.0 Å². The third kappa shape index (κ3) is 8.04. The van der Waals surface area contributed by atoms with Gasteiger partial charge in [0.2, 0.25) is 28.6 Å². The standard InChI is InChI=1S/C31H36BrN3O6S/c1-5-42(38,39)35(25-14-15-27-28(18-25)41-21-40-27)20-29(36)34(19-23-12-9-13-24(32)16-23)26(30(37)33-31(2,3)4)17-22-10-7-6-8-11-22/h6-16,18,26H,5,17,19-21H2,1-4H3,(H,33,37)/t26-/m0/s1. The van der Waals surface area contributed by atoms with Crippen molar-refractivity contribution >= 4 is 43.5 Å². The highest BCUT2D eigenvalue weighted by Gasteiger charge is 2.35. The molecule has 1 N–H and O–H groups in total. The van der Waals surface area contributed by atoms with Gasteiger partial charge in [-0.15, -0.1) is 0 Å². The number of nitrogens with one attached hydrogen (secondary N) is 1. The number of fused-ring (bicyclic) bond motifs is 1. The summed E-state index contributed by atoms with van der Waals surface area (Å²) in [6.45, 7) is 6.77. The van der Waals surface area contributed by atoms with E-state index in [4.69, 9.17) is 9.47 Å². The van der Waals surface area contributed by atoms with Gasteiger partial charge >= 0.3 is 0 Å². The van der Waals surface area contributed by atoms with E-state index in [-0.39, 0.29) is 37.1 Å². The highest BCUT2D eigenvalue weighted by atomic mass is 79.9. The van der Waals surface area contributed by atoms with E-state index in [1.807, 2.05) is 75.4 Å². The Balaban J connectivity index is 1.76. The van der Waals surface area contributed by atoms with Crippen molar-refractivity contribution in [3.05, 3.63) is 88.4 Å². The first-order valence-electron chi connectivity index (χ1n) is 13.7. The fraction of sp³-hybridized carbons (Fsp3) is 0.355. The summed E-state index contributed by atoms with van der Waals surface area (Å²) in [5.74, 6) is -0.179. The van der Waals surface area contributed by atoms with Gasteiger partial charge < -0.3 is 19.7 Å². The number of ether oxygens (including phenoxy) is 2. The second-order valence-corrected chi connectivity index (χ2v) is 14.1. The molecule has 1 atom stereocenters. The molecule has 0 bridgehead atoms. The van der Waals surface area contributed by atoms with Gasteiger partial charge in [-0.2, -0.15) is 0 Å². The fourth-order valence-electron chi connectivity index (χ4n) is 4.60. The van der Waals surface area contributed by atoms with Crippen molar-refractivity contribution in [3.8, 4) is 11.5 Å². The largest absolute Gasteiger partial charge is 0.454 e. The van der Waals surface area contributed by atoms with Crippen LogP contribution in [0, 0.1) is 0 Å². The molecule has 11 heteroatoms. The third-order valence-electron chi connectivity index (χ3n) is 6.63. The molecule has 1 aliphatic heterocycles. The number of hydrogen-bond acceptors (Lipinski definition) is 6. The monoisotopic (exact) mass is 657 g/mol. The molecule has 1 aliphatic rings. The van der Waals surface area contributed by atoms with E-state index in [0.717, 1.165) is 19.9 Å². The normalized spacial score (nSPS) is 13.4. The Bertz CT molecular complexity index is 1530. The summed E-state index contributed by atoms with van der Waals surface area (Å²) in [6, 6.07) is 20.8. The number of carbonyl (C=O) groups excluding carboxylic acids is 2. The lowest BCUT2D eigenvalue weighted by atomic mass is 10.0. The second-order valence-electron chi connectivity index (χ2n) is 11.0. The van der Waals surface area contributed by atoms with Gasteiger partial charge in [-0.3, -0.25) is 13.9 Å². The van der Waals surface area contributed by atoms with Crippen molar-refractivity contribution < 1.29 is 27.5 Å². The van der Waals surface area contributed by atoms with Crippen molar-refractivity contribution in [3.63, 3.8) is 0 Å². The zero-order valence-electron chi connectivity index (χ0n) is 24.2. The number of rotatable bonds is 11. The molecule has 0 unspecified atom stereocenters. The van der Waals surface area contributed by atoms with Crippen LogP contribution in [0.5, 0.6) is 11.5 Å². The van der Waals surface area contributed by atoms with Gasteiger partial charge in [-0.05, 0) is 63.1 Å². The molecule has 0 fully saturated rings. The summed E-state index contributed by atoms with van der Waals surface area (Å²) in [6.07, 6.45) is 0.243. The maximum atomic E-state index is 14.3. The number of nitrogens with zero attached hydrogens (tertiary/aromatic N) is 2. The Hall–Kier alpha value is -3.57. The van der Waals surface area contributed by atoms with Crippen molar-refractivity contribution in [2.75, 3.05) is 23.4 Å². The highest BCUT2D eigenvalue weighted by molar-refractivity contribution is 9.10. The van der Waals surface area contributed by atoms with Crippen molar-refractivity contribution in [1.29, 1.82) is 0 Å². The van der Waals surface area contributed by atoms with Gasteiger partial charge in [0.05, 0.1) is 11.4 Å². The molecule has 0 saturated heterocycles. The minimum Gasteiger partial charge on any atom is -0.454 e. The Kier molecular flexibility index (Phi) is 9.83. The molecular formula is C31H36BrN3O6S. The van der Waals surface area contributed by atoms with Crippen molar-refractivity contribution in [2.24, 2.45) is 0 Å². The van der Waals surface area contributed by atoms with Crippen LogP contribution in [0.25, 0.3) is 0 Å². The molecule has 0 spiro atoms. The number of anilines is 1. The average Bonchev–Trinajstić information content (AvgIpc) is 3.41. The first kappa shape index (κ1) is 31.4. The van der Waals surface area contributed by atoms with Gasteiger partial charge in [-0.1, -0.05) is 58.4 Å². The van der Waals surface area contributed by atoms with E-state index >= 15 is 0 Å². The number of benzene rings is 3. The lowest BCUT2D eigenvalue weighted by molar-refractivity contribution is -0.140. The Morgan fingerprint density at radius 3 is 2.31 bits per heavy atom. The molecule has 1 heterocycles. The smallest absolute Gasteiger partial charge is 0.244 e. The zero-order chi connectivity index (χ0) is 30.5. The number of amides is 2. The number of hydrogen-bond donors (Lipinski definition) is 1. The van der Waals surface area contributed by atoms with Crippen LogP contribution in [0.3, 0.4) is 0 Å². The molecule has 0 aromatic heterocycles. The molecule has 0 radical (unpaired) electrons. The minimum atomic E-state index is -3.89. The van der Waals surface area contributed by atoms with Crippen LogP contribution in [-0.2, 0) is 32.6 Å². The Morgan fingerprint density at radius 1 is 0.952 bits per heavy atom. The summed E-state index contributed by atoms with van der Waals surface area (Å²) in [5, 5.41) is 3.02. The molecule has 0 aliphatic carbocycles. The van der Waals surface area contributed by atoms with Crippen LogP contribution in [-0.4, -0.2) is 55.8 Å². The van der Waals surface area contributed by atoms with Crippen LogP contribution < -0.4 is 19.1 Å². The van der Waals surface area contributed by atoms with Crippen LogP contribution >= 0.6 is 15.9 Å². The third-order valence-corrected chi connectivity index (χ3v) is 8.87. The number of halogens is 1. The van der Waals surface area contributed by atoms with Gasteiger partial charge in [-0.25, -0.2) is 8.42 Å². The summed E-state index contributed by atoms with van der Waals surface area (Å²) in [4.78, 5) is 29.6. The highest BCUT2D eigenvalue weighted by Crippen LogP contribution is 2.36. The number of sulfonamides is 1. The van der Waals surface area contributed by atoms with Crippen LogP contribution in [0.1, 0.15) is 38.8 Å². The Labute approximate surface area is 256 Å². The van der Waals surface area contributed by atoms with Gasteiger partial charge in [0.25, 0.3) is 0 Å². The first-order chi connectivity index (χ1) is 19.9. The molecule has 224 valence electrons. The Morgan fingerprint density at radius 2 is 1.64 bits per heavy atom. The fourth-order valence-corrected chi connectivity index (χ4v) is 6.10. The van der Waals surface area contributed by atoms with E-state index < -0.39 is 34.1 Å². The van der Waals surface area contributed by atoms with E-state index in [2.05, 4.69) is 21.2 Å². The second kappa shape index (κ2) is 13.2. The number of carbonyl (C=O) groups is 2.